The summed E-state index contributed by atoms with van der Waals surface area (Å²) in [6.07, 6.45) is 59.0. The summed E-state index contributed by atoms with van der Waals surface area (Å²) in [4.78, 5) is 0. The van der Waals surface area contributed by atoms with Crippen LogP contribution in [-0.4, -0.2) is 0 Å². The van der Waals surface area contributed by atoms with E-state index in [0.29, 0.717) is 0 Å². The molecule has 0 radical (unpaired) electrons. The summed E-state index contributed by atoms with van der Waals surface area (Å²) in [5.74, 6) is 3.91. The van der Waals surface area contributed by atoms with Crippen LogP contribution in [0.15, 0.2) is 0 Å². The van der Waals surface area contributed by atoms with Crippen molar-refractivity contribution in [2.75, 3.05) is 0 Å². The Kier molecular flexibility index (Phi) is 41.8. The predicted molar refractivity (Wildman–Crippen MR) is 233 cm³/mol. The highest BCUT2D eigenvalue weighted by Crippen LogP contribution is 2.36. The van der Waals surface area contributed by atoms with Crippen LogP contribution >= 0.6 is 0 Å². The molecule has 0 aromatic heterocycles. The zero-order valence-corrected chi connectivity index (χ0v) is 36.6. The molecule has 50 heavy (non-hydrogen) atoms. The molecule has 0 rings (SSSR count). The van der Waals surface area contributed by atoms with E-state index in [2.05, 4.69) is 41.5 Å². The molecule has 4 unspecified atom stereocenters. The fourth-order valence-corrected chi connectivity index (χ4v) is 9.15. The van der Waals surface area contributed by atoms with Crippen molar-refractivity contribution in [1.29, 1.82) is 0 Å². The van der Waals surface area contributed by atoms with E-state index >= 15 is 0 Å². The minimum Gasteiger partial charge on any atom is -0.0654 e. The van der Waals surface area contributed by atoms with Crippen LogP contribution in [-0.2, 0) is 0 Å². The van der Waals surface area contributed by atoms with Crippen molar-refractivity contribution in [3.05, 3.63) is 0 Å². The molecule has 0 fully saturated rings. The Bertz CT molecular complexity index is 593. The third-order valence-electron chi connectivity index (χ3n) is 12.5. The average Bonchev–Trinajstić information content (AvgIpc) is 3.11. The molecule has 302 valence electrons. The molecule has 0 aliphatic heterocycles. The minimum atomic E-state index is 0.928. The molecule has 0 saturated carbocycles. The summed E-state index contributed by atoms with van der Waals surface area (Å²) in [5.41, 5.74) is 0. The van der Waals surface area contributed by atoms with E-state index in [1.165, 1.54) is 244 Å². The molecule has 0 heteroatoms. The van der Waals surface area contributed by atoms with Gasteiger partial charge in [0.25, 0.3) is 0 Å². The summed E-state index contributed by atoms with van der Waals surface area (Å²) in [7, 11) is 0. The fourth-order valence-electron chi connectivity index (χ4n) is 9.15. The second kappa shape index (κ2) is 41.8. The highest BCUT2D eigenvalue weighted by atomic mass is 14.3. The smallest absolute Gasteiger partial charge is 0.0409 e. The van der Waals surface area contributed by atoms with Crippen molar-refractivity contribution in [1.82, 2.24) is 0 Å². The molecular weight excluding hydrogens is 601 g/mol. The van der Waals surface area contributed by atoms with Crippen molar-refractivity contribution >= 4 is 0 Å². The first-order valence-electron chi connectivity index (χ1n) is 24.6. The first kappa shape index (κ1) is 50.0. The number of hydrogen-bond donors (Lipinski definition) is 0. The van der Waals surface area contributed by atoms with Crippen LogP contribution in [0.2, 0.25) is 0 Å². The topological polar surface area (TPSA) is 0 Å². The molecule has 0 aliphatic carbocycles. The van der Waals surface area contributed by atoms with Crippen LogP contribution in [0.1, 0.15) is 298 Å². The lowest BCUT2D eigenvalue weighted by Gasteiger charge is -2.29. The normalized spacial score (nSPS) is 14.3. The zero-order chi connectivity index (χ0) is 36.6. The molecule has 0 saturated heterocycles. The van der Waals surface area contributed by atoms with Crippen LogP contribution < -0.4 is 0 Å². The Balaban J connectivity index is 5.45. The zero-order valence-electron chi connectivity index (χ0n) is 36.6. The number of rotatable bonds is 43. The lowest BCUT2D eigenvalue weighted by Crippen LogP contribution is -2.17. The Labute approximate surface area is 321 Å². The van der Waals surface area contributed by atoms with E-state index in [0.717, 1.165) is 23.7 Å². The quantitative estimate of drug-likeness (QED) is 0.0555. The van der Waals surface area contributed by atoms with E-state index in [1.807, 2.05) is 0 Å². The highest BCUT2D eigenvalue weighted by molar-refractivity contribution is 4.74. The van der Waals surface area contributed by atoms with Gasteiger partial charge in [0.1, 0.15) is 0 Å². The van der Waals surface area contributed by atoms with Gasteiger partial charge in [0, 0.05) is 0 Å². The van der Waals surface area contributed by atoms with Crippen LogP contribution in [0.25, 0.3) is 0 Å². The van der Waals surface area contributed by atoms with E-state index in [4.69, 9.17) is 0 Å². The third kappa shape index (κ3) is 36.4. The maximum atomic E-state index is 2.63. The molecule has 0 amide bonds. The molecule has 0 spiro atoms. The van der Waals surface area contributed by atoms with Gasteiger partial charge in [-0.2, -0.15) is 0 Å². The van der Waals surface area contributed by atoms with Gasteiger partial charge in [-0.15, -0.1) is 0 Å². The summed E-state index contributed by atoms with van der Waals surface area (Å²) >= 11 is 0. The van der Waals surface area contributed by atoms with Crippen LogP contribution in [0, 0.1) is 23.7 Å². The maximum Gasteiger partial charge on any atom is -0.0409 e. The van der Waals surface area contributed by atoms with Crippen LogP contribution in [0.5, 0.6) is 0 Å². The van der Waals surface area contributed by atoms with E-state index in [-0.39, 0.29) is 0 Å². The van der Waals surface area contributed by atoms with Gasteiger partial charge in [-0.1, -0.05) is 279 Å². The van der Waals surface area contributed by atoms with E-state index < -0.39 is 0 Å². The monoisotopic (exact) mass is 703 g/mol. The average molecular weight is 703 g/mol. The van der Waals surface area contributed by atoms with Crippen LogP contribution in [0.4, 0.5) is 0 Å². The van der Waals surface area contributed by atoms with Gasteiger partial charge < -0.3 is 0 Å². The molecule has 0 bridgehead atoms. The molecule has 0 aliphatic rings. The van der Waals surface area contributed by atoms with Gasteiger partial charge in [0.15, 0.2) is 0 Å². The highest BCUT2D eigenvalue weighted by Gasteiger charge is 2.22. The van der Waals surface area contributed by atoms with Gasteiger partial charge in [0.05, 0.1) is 0 Å². The summed E-state index contributed by atoms with van der Waals surface area (Å²) in [6.45, 7) is 14.4. The van der Waals surface area contributed by atoms with Crippen LogP contribution in [0.3, 0.4) is 0 Å². The van der Waals surface area contributed by atoms with Gasteiger partial charge in [-0.25, -0.2) is 0 Å². The Morgan fingerprint density at radius 1 is 0.220 bits per heavy atom. The SMILES string of the molecule is CCCCCCCCCCC(CCCCCCCC)CC(CCCCCCCC)CC(CCCCCCCC)CC(C)CCCCCCCC. The van der Waals surface area contributed by atoms with Crippen molar-refractivity contribution in [3.63, 3.8) is 0 Å². The molecule has 0 N–H and O–H groups in total. The summed E-state index contributed by atoms with van der Waals surface area (Å²) < 4.78 is 0. The largest absolute Gasteiger partial charge is 0.0654 e. The van der Waals surface area contributed by atoms with Gasteiger partial charge >= 0.3 is 0 Å². The standard InChI is InChI=1S/C50H102/c1-7-12-17-22-27-28-33-36-41-48(40-35-30-24-19-14-9-3)45-50(43-38-32-26-21-16-11-5)46-49(42-37-31-25-20-15-10-4)44-47(6)39-34-29-23-18-13-8-2/h47-50H,7-46H2,1-6H3. The summed E-state index contributed by atoms with van der Waals surface area (Å²) in [6, 6.07) is 0. The molecule has 0 aromatic rings. The Morgan fingerprint density at radius 2 is 0.440 bits per heavy atom. The minimum absolute atomic E-state index is 0.928. The first-order chi connectivity index (χ1) is 24.6. The van der Waals surface area contributed by atoms with Crippen molar-refractivity contribution in [2.24, 2.45) is 23.7 Å². The first-order valence-corrected chi connectivity index (χ1v) is 24.6. The summed E-state index contributed by atoms with van der Waals surface area (Å²) in [5, 5.41) is 0. The second-order valence-electron chi connectivity index (χ2n) is 17.9. The molecule has 0 aromatic carbocycles. The van der Waals surface area contributed by atoms with Crippen molar-refractivity contribution in [3.8, 4) is 0 Å². The predicted octanol–water partition coefficient (Wildman–Crippen LogP) is 19.2. The molecule has 0 nitrogen and oxygen atoms in total. The number of hydrogen-bond acceptors (Lipinski definition) is 0. The Hall–Kier alpha value is 0. The second-order valence-corrected chi connectivity index (χ2v) is 17.9. The number of unbranched alkanes of at least 4 members (excludes halogenated alkanes) is 27. The lowest BCUT2D eigenvalue weighted by atomic mass is 9.76. The molecule has 0 heterocycles. The van der Waals surface area contributed by atoms with Gasteiger partial charge in [-0.05, 0) is 42.9 Å². The lowest BCUT2D eigenvalue weighted by molar-refractivity contribution is 0.226. The maximum absolute atomic E-state index is 2.63. The van der Waals surface area contributed by atoms with Crippen molar-refractivity contribution in [2.45, 2.75) is 298 Å². The van der Waals surface area contributed by atoms with Gasteiger partial charge in [-0.3, -0.25) is 0 Å². The van der Waals surface area contributed by atoms with E-state index in [9.17, 15) is 0 Å². The fraction of sp³-hybridized carbons (Fsp3) is 1.00. The molecule has 4 atom stereocenters. The molecular formula is C50H102. The third-order valence-corrected chi connectivity index (χ3v) is 12.5. The van der Waals surface area contributed by atoms with E-state index in [1.54, 1.807) is 12.8 Å². The Morgan fingerprint density at radius 3 is 0.760 bits per heavy atom. The van der Waals surface area contributed by atoms with Gasteiger partial charge in [0.2, 0.25) is 0 Å². The van der Waals surface area contributed by atoms with Crippen molar-refractivity contribution < 1.29 is 0 Å².